The van der Waals surface area contributed by atoms with Crippen LogP contribution in [0.25, 0.3) is 5.69 Å². The molecule has 2 atom stereocenters. The minimum Gasteiger partial charge on any atom is -0.385 e. The maximum absolute atomic E-state index is 12.3. The Kier molecular flexibility index (Phi) is 3.41. The van der Waals surface area contributed by atoms with Crippen molar-refractivity contribution in [2.24, 2.45) is 0 Å². The van der Waals surface area contributed by atoms with Crippen molar-refractivity contribution in [3.8, 4) is 5.69 Å². The monoisotopic (exact) mass is 346 g/mol. The number of aromatic nitrogens is 2. The Morgan fingerprint density at radius 2 is 1.83 bits per heavy atom. The lowest BCUT2D eigenvalue weighted by atomic mass is 9.85. The van der Waals surface area contributed by atoms with Gasteiger partial charge < -0.3 is 5.11 Å². The molecule has 128 valence electrons. The molecule has 1 N–H and O–H groups in total. The Morgan fingerprint density at radius 3 is 2.42 bits per heavy atom. The molecule has 6 heteroatoms. The van der Waals surface area contributed by atoms with Crippen LogP contribution >= 0.6 is 0 Å². The van der Waals surface area contributed by atoms with E-state index in [9.17, 15) is 13.5 Å². The molecule has 1 aromatic carbocycles. The molecule has 4 rings (SSSR count). The normalized spacial score (nSPS) is 31.3. The quantitative estimate of drug-likeness (QED) is 0.906. The fraction of sp³-hybridized carbons (Fsp3) is 0.500. The van der Waals surface area contributed by atoms with Crippen molar-refractivity contribution in [3.05, 3.63) is 47.3 Å². The highest BCUT2D eigenvalue weighted by atomic mass is 32.2. The average molecular weight is 346 g/mol. The molecule has 2 fully saturated rings. The van der Waals surface area contributed by atoms with Crippen LogP contribution in [0.15, 0.2) is 30.3 Å². The van der Waals surface area contributed by atoms with Crippen molar-refractivity contribution in [1.82, 2.24) is 9.78 Å². The van der Waals surface area contributed by atoms with Gasteiger partial charge in [-0.3, -0.25) is 0 Å². The van der Waals surface area contributed by atoms with Gasteiger partial charge in [0.2, 0.25) is 0 Å². The van der Waals surface area contributed by atoms with Gasteiger partial charge >= 0.3 is 0 Å². The molecule has 3 heterocycles. The third-order valence-corrected chi connectivity index (χ3v) is 8.17. The summed E-state index contributed by atoms with van der Waals surface area (Å²) < 4.78 is 26.5. The maximum Gasteiger partial charge on any atom is 0.156 e. The third-order valence-electron chi connectivity index (χ3n) is 5.51. The number of hydrogen-bond acceptors (Lipinski definition) is 4. The standard InChI is InChI=1S/C18H22N2O3S/c1-12-8-13(2)20(19-12)15-5-3-4-14(9-15)18(21)10-16-6-7-17(11-18)24(16,22)23/h3-5,8-9,16-17,21H,6-7,10-11H2,1-2H3. The molecule has 5 nitrogen and oxygen atoms in total. The second kappa shape index (κ2) is 5.17. The first-order valence-corrected chi connectivity index (χ1v) is 10.00. The van der Waals surface area contributed by atoms with Crippen LogP contribution in [0.1, 0.15) is 42.6 Å². The minimum atomic E-state index is -3.05. The molecular weight excluding hydrogens is 324 g/mol. The van der Waals surface area contributed by atoms with E-state index in [1.165, 1.54) is 0 Å². The van der Waals surface area contributed by atoms with Gasteiger partial charge in [-0.05, 0) is 63.3 Å². The second-order valence-electron chi connectivity index (χ2n) is 7.24. The van der Waals surface area contributed by atoms with E-state index >= 15 is 0 Å². The summed E-state index contributed by atoms with van der Waals surface area (Å²) in [5.41, 5.74) is 2.59. The van der Waals surface area contributed by atoms with Gasteiger partial charge in [-0.15, -0.1) is 0 Å². The van der Waals surface area contributed by atoms with Crippen LogP contribution in [0.3, 0.4) is 0 Å². The molecule has 2 aliphatic heterocycles. The second-order valence-corrected chi connectivity index (χ2v) is 9.75. The van der Waals surface area contributed by atoms with Crippen LogP contribution < -0.4 is 0 Å². The maximum atomic E-state index is 12.3. The van der Waals surface area contributed by atoms with Crippen LogP contribution in [0.5, 0.6) is 0 Å². The molecule has 24 heavy (non-hydrogen) atoms. The largest absolute Gasteiger partial charge is 0.385 e. The van der Waals surface area contributed by atoms with Gasteiger partial charge in [0.15, 0.2) is 9.84 Å². The Balaban J connectivity index is 1.73. The van der Waals surface area contributed by atoms with Crippen molar-refractivity contribution >= 4 is 9.84 Å². The molecule has 2 aromatic rings. The molecule has 0 saturated carbocycles. The Labute approximate surface area is 142 Å². The molecule has 0 spiro atoms. The summed E-state index contributed by atoms with van der Waals surface area (Å²) in [5, 5.41) is 14.9. The Bertz CT molecular complexity index is 881. The summed E-state index contributed by atoms with van der Waals surface area (Å²) in [6, 6.07) is 9.71. The van der Waals surface area contributed by atoms with Gasteiger partial charge in [0.05, 0.1) is 27.5 Å². The molecule has 1 aromatic heterocycles. The van der Waals surface area contributed by atoms with Crippen molar-refractivity contribution in [1.29, 1.82) is 0 Å². The van der Waals surface area contributed by atoms with E-state index in [4.69, 9.17) is 0 Å². The highest BCUT2D eigenvalue weighted by Crippen LogP contribution is 2.47. The lowest BCUT2D eigenvalue weighted by Crippen LogP contribution is -2.43. The number of rotatable bonds is 2. The molecule has 0 amide bonds. The van der Waals surface area contributed by atoms with Gasteiger partial charge in [-0.2, -0.15) is 5.10 Å². The first kappa shape index (κ1) is 15.8. The Hall–Kier alpha value is -1.66. The number of nitrogens with zero attached hydrogens (tertiary/aromatic N) is 2. The van der Waals surface area contributed by atoms with Gasteiger partial charge in [0, 0.05) is 5.69 Å². The van der Waals surface area contributed by atoms with E-state index < -0.39 is 25.9 Å². The van der Waals surface area contributed by atoms with Crippen molar-refractivity contribution in [3.63, 3.8) is 0 Å². The molecule has 2 bridgehead atoms. The first-order chi connectivity index (χ1) is 11.3. The molecule has 0 aliphatic carbocycles. The van der Waals surface area contributed by atoms with Gasteiger partial charge in [-0.25, -0.2) is 13.1 Å². The van der Waals surface area contributed by atoms with Crippen LogP contribution in [-0.2, 0) is 15.4 Å². The number of hydrogen-bond donors (Lipinski definition) is 1. The van der Waals surface area contributed by atoms with Crippen molar-refractivity contribution in [2.45, 2.75) is 55.6 Å². The van der Waals surface area contributed by atoms with Crippen LogP contribution in [0, 0.1) is 13.8 Å². The van der Waals surface area contributed by atoms with E-state index in [0.717, 1.165) is 22.6 Å². The molecule has 2 aliphatic rings. The summed E-state index contributed by atoms with van der Waals surface area (Å²) in [4.78, 5) is 0. The number of aliphatic hydroxyl groups is 1. The van der Waals surface area contributed by atoms with E-state index in [0.29, 0.717) is 25.7 Å². The highest BCUT2D eigenvalue weighted by Gasteiger charge is 2.53. The summed E-state index contributed by atoms with van der Waals surface area (Å²) in [7, 11) is -3.05. The van der Waals surface area contributed by atoms with E-state index in [-0.39, 0.29) is 0 Å². The molecular formula is C18H22N2O3S. The minimum absolute atomic E-state index is 0.298. The zero-order chi connectivity index (χ0) is 17.1. The van der Waals surface area contributed by atoms with Crippen molar-refractivity contribution < 1.29 is 13.5 Å². The zero-order valence-corrected chi connectivity index (χ0v) is 14.8. The summed E-state index contributed by atoms with van der Waals surface area (Å²) in [6.07, 6.45) is 1.94. The topological polar surface area (TPSA) is 72.2 Å². The van der Waals surface area contributed by atoms with E-state index in [2.05, 4.69) is 5.10 Å². The predicted octanol–water partition coefficient (Wildman–Crippen LogP) is 2.42. The first-order valence-electron chi connectivity index (χ1n) is 8.39. The van der Waals surface area contributed by atoms with Gasteiger partial charge in [0.25, 0.3) is 0 Å². The SMILES string of the molecule is Cc1cc(C)n(-c2cccc(C3(O)CC4CCC(C3)S4(=O)=O)c2)n1. The third kappa shape index (κ3) is 2.31. The fourth-order valence-electron chi connectivity index (χ4n) is 4.30. The van der Waals surface area contributed by atoms with Crippen molar-refractivity contribution in [2.75, 3.05) is 0 Å². The summed E-state index contributed by atoms with van der Waals surface area (Å²) in [5.74, 6) is 0. The predicted molar refractivity (Wildman–Crippen MR) is 91.9 cm³/mol. The van der Waals surface area contributed by atoms with Gasteiger partial charge in [-0.1, -0.05) is 12.1 Å². The van der Waals surface area contributed by atoms with E-state index in [1.54, 1.807) is 0 Å². The molecule has 0 radical (unpaired) electrons. The van der Waals surface area contributed by atoms with E-state index in [1.807, 2.05) is 48.9 Å². The number of sulfone groups is 1. The lowest BCUT2D eigenvalue weighted by Gasteiger charge is -2.36. The Morgan fingerprint density at radius 1 is 1.17 bits per heavy atom. The number of aryl methyl sites for hydroxylation is 2. The van der Waals surface area contributed by atoms with Crippen LogP contribution in [-0.4, -0.2) is 33.8 Å². The molecule has 2 saturated heterocycles. The number of benzene rings is 1. The van der Waals surface area contributed by atoms with Crippen LogP contribution in [0.2, 0.25) is 0 Å². The summed E-state index contributed by atoms with van der Waals surface area (Å²) in [6.45, 7) is 3.94. The smallest absolute Gasteiger partial charge is 0.156 e. The molecule has 2 unspecified atom stereocenters. The van der Waals surface area contributed by atoms with Crippen LogP contribution in [0.4, 0.5) is 0 Å². The van der Waals surface area contributed by atoms with Gasteiger partial charge in [0.1, 0.15) is 0 Å². The average Bonchev–Trinajstić information content (AvgIpc) is 2.90. The zero-order valence-electron chi connectivity index (χ0n) is 13.9. The number of fused-ring (bicyclic) bond motifs is 2. The summed E-state index contributed by atoms with van der Waals surface area (Å²) >= 11 is 0. The fourth-order valence-corrected chi connectivity index (χ4v) is 6.79. The lowest BCUT2D eigenvalue weighted by molar-refractivity contribution is 0.0173. The highest BCUT2D eigenvalue weighted by molar-refractivity contribution is 7.93.